The third-order valence-corrected chi connectivity index (χ3v) is 4.71. The highest BCUT2D eigenvalue weighted by molar-refractivity contribution is 6.07. The van der Waals surface area contributed by atoms with Crippen LogP contribution < -0.4 is 5.32 Å². The number of hydrogen-bond donors (Lipinski definition) is 2. The minimum atomic E-state index is -0.559. The Morgan fingerprint density at radius 3 is 2.65 bits per heavy atom. The van der Waals surface area contributed by atoms with E-state index < -0.39 is 6.10 Å². The molecule has 3 rings (SSSR count). The van der Waals surface area contributed by atoms with Crippen LogP contribution in [0.25, 0.3) is 22.2 Å². The fraction of sp³-hybridized carbons (Fsp3) is 0.286. The van der Waals surface area contributed by atoms with Crippen molar-refractivity contribution in [1.29, 1.82) is 0 Å². The SMILES string of the molecule is CCC(C)C(O)CNC(=O)c1cc(-c2ccncc2)nc2ccccc12. The molecular formula is C21H23N3O2. The number of hydrogen-bond acceptors (Lipinski definition) is 4. The Hall–Kier alpha value is -2.79. The van der Waals surface area contributed by atoms with Gasteiger partial charge >= 0.3 is 0 Å². The molecule has 0 saturated carbocycles. The number of benzene rings is 1. The first-order valence-corrected chi connectivity index (χ1v) is 8.86. The number of pyridine rings is 2. The number of nitrogens with zero attached hydrogens (tertiary/aromatic N) is 2. The van der Waals surface area contributed by atoms with Gasteiger partial charge in [-0.25, -0.2) is 4.98 Å². The van der Waals surface area contributed by atoms with Crippen molar-refractivity contribution < 1.29 is 9.90 Å². The molecule has 0 aliphatic carbocycles. The van der Waals surface area contributed by atoms with E-state index in [0.29, 0.717) is 5.56 Å². The maximum atomic E-state index is 12.8. The quantitative estimate of drug-likeness (QED) is 0.715. The van der Waals surface area contributed by atoms with Crippen LogP contribution in [0.3, 0.4) is 0 Å². The molecule has 0 aliphatic heterocycles. The molecule has 0 saturated heterocycles. The van der Waals surface area contributed by atoms with E-state index in [1.807, 2.05) is 50.2 Å². The number of aliphatic hydroxyl groups excluding tert-OH is 1. The summed E-state index contributed by atoms with van der Waals surface area (Å²) in [6.45, 7) is 4.22. The fourth-order valence-corrected chi connectivity index (χ4v) is 2.80. The van der Waals surface area contributed by atoms with Crippen LogP contribution >= 0.6 is 0 Å². The van der Waals surface area contributed by atoms with Gasteiger partial charge in [-0.2, -0.15) is 0 Å². The second kappa shape index (κ2) is 8.06. The monoisotopic (exact) mass is 349 g/mol. The van der Waals surface area contributed by atoms with Crippen LogP contribution in [0.15, 0.2) is 54.9 Å². The van der Waals surface area contributed by atoms with Gasteiger partial charge in [0.05, 0.1) is 22.9 Å². The number of nitrogens with one attached hydrogen (secondary N) is 1. The predicted octanol–water partition coefficient (Wildman–Crippen LogP) is 3.43. The first kappa shape index (κ1) is 18.0. The third kappa shape index (κ3) is 3.89. The number of aromatic nitrogens is 2. The molecule has 26 heavy (non-hydrogen) atoms. The lowest BCUT2D eigenvalue weighted by Crippen LogP contribution is -2.35. The second-order valence-corrected chi connectivity index (χ2v) is 6.47. The van der Waals surface area contributed by atoms with E-state index in [1.165, 1.54) is 0 Å². The average Bonchev–Trinajstić information content (AvgIpc) is 2.70. The normalized spacial score (nSPS) is 13.3. The van der Waals surface area contributed by atoms with Crippen molar-refractivity contribution in [2.45, 2.75) is 26.4 Å². The Labute approximate surface area is 153 Å². The predicted molar refractivity (Wildman–Crippen MR) is 103 cm³/mol. The van der Waals surface area contributed by atoms with Gasteiger partial charge in [0.15, 0.2) is 0 Å². The molecule has 0 spiro atoms. The van der Waals surface area contributed by atoms with Crippen molar-refractivity contribution in [3.05, 3.63) is 60.4 Å². The van der Waals surface area contributed by atoms with Gasteiger partial charge in [-0.3, -0.25) is 9.78 Å². The number of carbonyl (C=O) groups is 1. The molecule has 2 atom stereocenters. The molecule has 0 aliphatic rings. The molecule has 0 radical (unpaired) electrons. The maximum Gasteiger partial charge on any atom is 0.252 e. The number of aliphatic hydroxyl groups is 1. The van der Waals surface area contributed by atoms with Gasteiger partial charge in [0.1, 0.15) is 0 Å². The summed E-state index contributed by atoms with van der Waals surface area (Å²) in [6, 6.07) is 13.1. The van der Waals surface area contributed by atoms with E-state index in [2.05, 4.69) is 15.3 Å². The van der Waals surface area contributed by atoms with Crippen LogP contribution in [0.4, 0.5) is 0 Å². The molecule has 2 heterocycles. The lowest BCUT2D eigenvalue weighted by molar-refractivity contribution is 0.0851. The average molecular weight is 349 g/mol. The van der Waals surface area contributed by atoms with E-state index in [-0.39, 0.29) is 18.4 Å². The summed E-state index contributed by atoms with van der Waals surface area (Å²) < 4.78 is 0. The van der Waals surface area contributed by atoms with Crippen molar-refractivity contribution in [2.75, 3.05) is 6.54 Å². The van der Waals surface area contributed by atoms with E-state index in [9.17, 15) is 9.90 Å². The Kier molecular flexibility index (Phi) is 5.58. The Balaban J connectivity index is 1.95. The van der Waals surface area contributed by atoms with Crippen molar-refractivity contribution in [3.63, 3.8) is 0 Å². The molecule has 3 aromatic rings. The van der Waals surface area contributed by atoms with Crippen LogP contribution in [0.1, 0.15) is 30.6 Å². The lowest BCUT2D eigenvalue weighted by atomic mass is 10.0. The van der Waals surface area contributed by atoms with E-state index in [1.54, 1.807) is 18.5 Å². The molecule has 1 aromatic carbocycles. The van der Waals surface area contributed by atoms with Crippen molar-refractivity contribution in [3.8, 4) is 11.3 Å². The largest absolute Gasteiger partial charge is 0.391 e. The summed E-state index contributed by atoms with van der Waals surface area (Å²) in [5.74, 6) is -0.0712. The third-order valence-electron chi connectivity index (χ3n) is 4.71. The number of para-hydroxylation sites is 1. The Morgan fingerprint density at radius 2 is 1.92 bits per heavy atom. The van der Waals surface area contributed by atoms with Gasteiger partial charge in [0.25, 0.3) is 5.91 Å². The van der Waals surface area contributed by atoms with Crippen LogP contribution in [0.2, 0.25) is 0 Å². The zero-order valence-corrected chi connectivity index (χ0v) is 15.0. The van der Waals surface area contributed by atoms with Crippen LogP contribution in [0.5, 0.6) is 0 Å². The van der Waals surface area contributed by atoms with Gasteiger partial charge in [0.2, 0.25) is 0 Å². The summed E-state index contributed by atoms with van der Waals surface area (Å²) in [4.78, 5) is 21.5. The fourth-order valence-electron chi connectivity index (χ4n) is 2.80. The molecule has 5 nitrogen and oxygen atoms in total. The number of fused-ring (bicyclic) bond motifs is 1. The van der Waals surface area contributed by atoms with Crippen molar-refractivity contribution in [2.24, 2.45) is 5.92 Å². The smallest absolute Gasteiger partial charge is 0.252 e. The number of carbonyl (C=O) groups excluding carboxylic acids is 1. The highest BCUT2D eigenvalue weighted by Crippen LogP contribution is 2.24. The lowest BCUT2D eigenvalue weighted by Gasteiger charge is -2.18. The van der Waals surface area contributed by atoms with Gasteiger partial charge < -0.3 is 10.4 Å². The van der Waals surface area contributed by atoms with E-state index in [4.69, 9.17) is 0 Å². The zero-order valence-electron chi connectivity index (χ0n) is 15.0. The molecule has 0 bridgehead atoms. The van der Waals surface area contributed by atoms with Crippen molar-refractivity contribution in [1.82, 2.24) is 15.3 Å². The summed E-state index contributed by atoms with van der Waals surface area (Å²) >= 11 is 0. The molecule has 0 fully saturated rings. The topological polar surface area (TPSA) is 75.1 Å². The Bertz CT molecular complexity index is 896. The summed E-state index contributed by atoms with van der Waals surface area (Å²) in [5.41, 5.74) is 2.94. The first-order valence-electron chi connectivity index (χ1n) is 8.86. The van der Waals surface area contributed by atoms with Crippen molar-refractivity contribution >= 4 is 16.8 Å². The highest BCUT2D eigenvalue weighted by Gasteiger charge is 2.17. The first-order chi connectivity index (χ1) is 12.6. The van der Waals surface area contributed by atoms with Crippen LogP contribution in [0, 0.1) is 5.92 Å². The van der Waals surface area contributed by atoms with Crippen LogP contribution in [-0.4, -0.2) is 33.6 Å². The van der Waals surface area contributed by atoms with Gasteiger partial charge in [0, 0.05) is 29.9 Å². The van der Waals surface area contributed by atoms with Gasteiger partial charge in [-0.1, -0.05) is 38.5 Å². The number of rotatable bonds is 6. The number of amides is 1. The molecule has 1 amide bonds. The second-order valence-electron chi connectivity index (χ2n) is 6.47. The minimum absolute atomic E-state index is 0.136. The molecule has 2 unspecified atom stereocenters. The molecule has 2 aromatic heterocycles. The van der Waals surface area contributed by atoms with Crippen LogP contribution in [-0.2, 0) is 0 Å². The molecule has 134 valence electrons. The van der Waals surface area contributed by atoms with E-state index in [0.717, 1.165) is 28.6 Å². The Morgan fingerprint density at radius 1 is 1.19 bits per heavy atom. The maximum absolute atomic E-state index is 12.8. The minimum Gasteiger partial charge on any atom is -0.391 e. The standard InChI is InChI=1S/C21H23N3O2/c1-3-14(2)20(25)13-23-21(26)17-12-19(15-8-10-22-11-9-15)24-18-7-5-4-6-16(17)18/h4-12,14,20,25H,3,13H2,1-2H3,(H,23,26). The van der Waals surface area contributed by atoms with Gasteiger partial charge in [-0.05, 0) is 30.2 Å². The molecule has 5 heteroatoms. The van der Waals surface area contributed by atoms with Gasteiger partial charge in [-0.15, -0.1) is 0 Å². The molecule has 2 N–H and O–H groups in total. The summed E-state index contributed by atoms with van der Waals surface area (Å²) in [6.07, 6.45) is 3.71. The zero-order chi connectivity index (χ0) is 18.5. The van der Waals surface area contributed by atoms with E-state index >= 15 is 0 Å². The highest BCUT2D eigenvalue weighted by atomic mass is 16.3. The molecular weight excluding hydrogens is 326 g/mol. The summed E-state index contributed by atoms with van der Waals surface area (Å²) in [5, 5.41) is 13.8. The summed E-state index contributed by atoms with van der Waals surface area (Å²) in [7, 11) is 0.